The van der Waals surface area contributed by atoms with E-state index in [9.17, 15) is 4.79 Å². The van der Waals surface area contributed by atoms with Gasteiger partial charge < -0.3 is 4.90 Å². The molecule has 1 aliphatic carbocycles. The minimum atomic E-state index is -0.0176. The Hall–Kier alpha value is -2.07. The normalized spacial score (nSPS) is 17.1. The van der Waals surface area contributed by atoms with E-state index < -0.39 is 0 Å². The van der Waals surface area contributed by atoms with Gasteiger partial charge in [-0.25, -0.2) is 0 Å². The second-order valence-electron chi connectivity index (χ2n) is 6.30. The molecule has 2 aromatic rings. The summed E-state index contributed by atoms with van der Waals surface area (Å²) in [6, 6.07) is 8.54. The summed E-state index contributed by atoms with van der Waals surface area (Å²) in [6.07, 6.45) is 6.55. The number of aryl methyl sites for hydroxylation is 3. The van der Waals surface area contributed by atoms with Gasteiger partial charge in [0.15, 0.2) is 0 Å². The first-order chi connectivity index (χ1) is 11.5. The molecule has 0 aliphatic heterocycles. The highest BCUT2D eigenvalue weighted by Gasteiger charge is 2.25. The third-order valence-electron chi connectivity index (χ3n) is 4.74. The van der Waals surface area contributed by atoms with Gasteiger partial charge in [0.05, 0.1) is 11.7 Å². The van der Waals surface area contributed by atoms with Crippen LogP contribution in [0.2, 0.25) is 5.15 Å². The Morgan fingerprint density at radius 1 is 1.42 bits per heavy atom. The smallest absolute Gasteiger partial charge is 0.246 e. The number of carbonyl (C=O) groups excluding carboxylic acids is 1. The van der Waals surface area contributed by atoms with Crippen molar-refractivity contribution in [2.24, 2.45) is 7.05 Å². The Morgan fingerprint density at radius 2 is 2.17 bits per heavy atom. The summed E-state index contributed by atoms with van der Waals surface area (Å²) in [5, 5.41) is 4.81. The van der Waals surface area contributed by atoms with Crippen molar-refractivity contribution in [3.8, 4) is 0 Å². The molecule has 3 rings (SSSR count). The lowest BCUT2D eigenvalue weighted by atomic mass is 9.87. The highest BCUT2D eigenvalue weighted by atomic mass is 35.5. The second-order valence-corrected chi connectivity index (χ2v) is 6.66. The number of halogens is 1. The van der Waals surface area contributed by atoms with E-state index in [-0.39, 0.29) is 11.9 Å². The maximum Gasteiger partial charge on any atom is 0.246 e. The van der Waals surface area contributed by atoms with Gasteiger partial charge in [-0.3, -0.25) is 9.48 Å². The zero-order chi connectivity index (χ0) is 17.3. The number of aromatic nitrogens is 2. The molecule has 1 aliphatic rings. The highest BCUT2D eigenvalue weighted by Crippen LogP contribution is 2.33. The molecule has 0 fully saturated rings. The van der Waals surface area contributed by atoms with Crippen LogP contribution >= 0.6 is 11.6 Å². The molecule has 24 heavy (non-hydrogen) atoms. The van der Waals surface area contributed by atoms with Gasteiger partial charge in [-0.2, -0.15) is 5.10 Å². The fourth-order valence-electron chi connectivity index (χ4n) is 3.39. The van der Waals surface area contributed by atoms with Crippen molar-refractivity contribution in [2.45, 2.75) is 32.2 Å². The SMILES string of the molecule is Cc1nn(C)c(Cl)c1/C=C\C(=O)N(C)[C@H]1CCCc2ccccc21. The zero-order valence-corrected chi connectivity index (χ0v) is 15.0. The molecule has 1 atom stereocenters. The monoisotopic (exact) mass is 343 g/mol. The van der Waals surface area contributed by atoms with E-state index >= 15 is 0 Å². The van der Waals surface area contributed by atoms with Crippen molar-refractivity contribution < 1.29 is 4.79 Å². The number of rotatable bonds is 3. The highest BCUT2D eigenvalue weighted by molar-refractivity contribution is 6.31. The predicted octanol–water partition coefficient (Wildman–Crippen LogP) is 3.93. The van der Waals surface area contributed by atoms with Gasteiger partial charge in [-0.05, 0) is 43.4 Å². The molecule has 0 radical (unpaired) electrons. The summed E-state index contributed by atoms with van der Waals surface area (Å²) in [5.41, 5.74) is 4.23. The van der Waals surface area contributed by atoms with Crippen LogP contribution in [-0.2, 0) is 18.3 Å². The van der Waals surface area contributed by atoms with Gasteiger partial charge in [0.2, 0.25) is 5.91 Å². The molecule has 1 heterocycles. The molecule has 4 nitrogen and oxygen atoms in total. The Balaban J connectivity index is 1.80. The van der Waals surface area contributed by atoms with Crippen molar-refractivity contribution in [3.05, 3.63) is 57.9 Å². The van der Waals surface area contributed by atoms with Crippen LogP contribution in [0.5, 0.6) is 0 Å². The lowest BCUT2D eigenvalue weighted by Crippen LogP contribution is -2.32. The van der Waals surface area contributed by atoms with Gasteiger partial charge in [0.1, 0.15) is 5.15 Å². The second kappa shape index (κ2) is 6.81. The Labute approximate surface area is 147 Å². The summed E-state index contributed by atoms with van der Waals surface area (Å²) in [6.45, 7) is 1.89. The van der Waals surface area contributed by atoms with Gasteiger partial charge in [0, 0.05) is 25.7 Å². The molecule has 0 spiro atoms. The van der Waals surface area contributed by atoms with E-state index in [0.29, 0.717) is 5.15 Å². The molecular formula is C19H22ClN3O. The number of carbonyl (C=O) groups is 1. The van der Waals surface area contributed by atoms with Crippen LogP contribution in [-0.4, -0.2) is 27.6 Å². The van der Waals surface area contributed by atoms with E-state index in [0.717, 1.165) is 30.5 Å². The summed E-state index contributed by atoms with van der Waals surface area (Å²) >= 11 is 6.22. The topological polar surface area (TPSA) is 38.1 Å². The largest absolute Gasteiger partial charge is 0.335 e. The van der Waals surface area contributed by atoms with E-state index in [1.165, 1.54) is 11.1 Å². The Morgan fingerprint density at radius 3 is 2.88 bits per heavy atom. The molecule has 0 saturated carbocycles. The maximum atomic E-state index is 12.6. The third-order valence-corrected chi connectivity index (χ3v) is 5.19. The van der Waals surface area contributed by atoms with E-state index in [1.807, 2.05) is 24.9 Å². The zero-order valence-electron chi connectivity index (χ0n) is 14.3. The fraction of sp³-hybridized carbons (Fsp3) is 0.368. The average Bonchev–Trinajstić information content (AvgIpc) is 2.83. The molecule has 1 aromatic carbocycles. The van der Waals surface area contributed by atoms with Crippen molar-refractivity contribution in [2.75, 3.05) is 7.05 Å². The Kier molecular flexibility index (Phi) is 4.76. The van der Waals surface area contributed by atoms with Gasteiger partial charge in [0.25, 0.3) is 0 Å². The molecular weight excluding hydrogens is 322 g/mol. The van der Waals surface area contributed by atoms with E-state index in [2.05, 4.69) is 23.3 Å². The lowest BCUT2D eigenvalue weighted by Gasteiger charge is -2.32. The van der Waals surface area contributed by atoms with Gasteiger partial charge in [-0.1, -0.05) is 35.9 Å². The van der Waals surface area contributed by atoms with E-state index in [4.69, 9.17) is 11.6 Å². The third kappa shape index (κ3) is 3.11. The number of nitrogens with zero attached hydrogens (tertiary/aromatic N) is 3. The first-order valence-corrected chi connectivity index (χ1v) is 8.58. The number of fused-ring (bicyclic) bond motifs is 1. The van der Waals surface area contributed by atoms with Crippen molar-refractivity contribution >= 4 is 23.6 Å². The molecule has 0 saturated heterocycles. The lowest BCUT2D eigenvalue weighted by molar-refractivity contribution is -0.127. The van der Waals surface area contributed by atoms with Crippen molar-refractivity contribution in [1.29, 1.82) is 0 Å². The first kappa shape index (κ1) is 16.8. The molecule has 1 aromatic heterocycles. The predicted molar refractivity (Wildman–Crippen MR) is 96.9 cm³/mol. The molecule has 1 amide bonds. The summed E-state index contributed by atoms with van der Waals surface area (Å²) in [4.78, 5) is 14.5. The summed E-state index contributed by atoms with van der Waals surface area (Å²) in [5.74, 6) is -0.0176. The number of hydrogen-bond donors (Lipinski definition) is 0. The average molecular weight is 344 g/mol. The van der Waals surface area contributed by atoms with Gasteiger partial charge >= 0.3 is 0 Å². The summed E-state index contributed by atoms with van der Waals surface area (Å²) < 4.78 is 1.61. The Bertz CT molecular complexity index is 794. The summed E-state index contributed by atoms with van der Waals surface area (Å²) in [7, 11) is 3.66. The van der Waals surface area contributed by atoms with Crippen molar-refractivity contribution in [3.63, 3.8) is 0 Å². The quantitative estimate of drug-likeness (QED) is 0.792. The number of amides is 1. The van der Waals surface area contributed by atoms with Crippen LogP contribution in [0.25, 0.3) is 6.08 Å². The van der Waals surface area contributed by atoms with Crippen LogP contribution in [0.15, 0.2) is 30.3 Å². The first-order valence-electron chi connectivity index (χ1n) is 8.21. The fourth-order valence-corrected chi connectivity index (χ4v) is 3.63. The molecule has 126 valence electrons. The standard InChI is InChI=1S/C19H22ClN3O/c1-13-15(19(20)23(3)21-13)11-12-18(24)22(2)17-10-6-8-14-7-4-5-9-16(14)17/h4-5,7,9,11-12,17H,6,8,10H2,1-3H3/b12-11-/t17-/m0/s1. The maximum absolute atomic E-state index is 12.6. The number of likely N-dealkylation sites (N-methyl/N-ethyl adjacent to an activating group) is 1. The van der Waals surface area contributed by atoms with Crippen LogP contribution < -0.4 is 0 Å². The molecule has 0 bridgehead atoms. The van der Waals surface area contributed by atoms with Crippen LogP contribution in [0, 0.1) is 6.92 Å². The molecule has 0 N–H and O–H groups in total. The molecule has 0 unspecified atom stereocenters. The number of hydrogen-bond acceptors (Lipinski definition) is 2. The minimum Gasteiger partial charge on any atom is -0.335 e. The van der Waals surface area contributed by atoms with Crippen LogP contribution in [0.3, 0.4) is 0 Å². The van der Waals surface area contributed by atoms with Crippen molar-refractivity contribution in [1.82, 2.24) is 14.7 Å². The van der Waals surface area contributed by atoms with Gasteiger partial charge in [-0.15, -0.1) is 0 Å². The van der Waals surface area contributed by atoms with Crippen LogP contribution in [0.1, 0.15) is 41.3 Å². The van der Waals surface area contributed by atoms with Crippen LogP contribution in [0.4, 0.5) is 0 Å². The minimum absolute atomic E-state index is 0.0176. The number of benzene rings is 1. The molecule has 5 heteroatoms. The van der Waals surface area contributed by atoms with E-state index in [1.54, 1.807) is 23.9 Å².